The van der Waals surface area contributed by atoms with Gasteiger partial charge in [0.2, 0.25) is 5.91 Å². The fourth-order valence-electron chi connectivity index (χ4n) is 2.98. The van der Waals surface area contributed by atoms with Crippen LogP contribution in [-0.4, -0.2) is 53.2 Å². The molecule has 1 aromatic rings. The van der Waals surface area contributed by atoms with Crippen molar-refractivity contribution in [3.05, 3.63) is 35.9 Å². The van der Waals surface area contributed by atoms with E-state index in [1.54, 1.807) is 49.9 Å². The van der Waals surface area contributed by atoms with Crippen LogP contribution in [0.2, 0.25) is 0 Å². The highest BCUT2D eigenvalue weighted by Crippen LogP contribution is 2.24. The van der Waals surface area contributed by atoms with Crippen LogP contribution in [-0.2, 0) is 14.3 Å². The molecule has 1 N–H and O–H groups in total. The first-order valence-electron chi connectivity index (χ1n) is 9.68. The molecule has 0 radical (unpaired) electrons. The third-order valence-electron chi connectivity index (χ3n) is 4.52. The molecule has 2 amide bonds. The van der Waals surface area contributed by atoms with Gasteiger partial charge in [0.1, 0.15) is 17.7 Å². The second kappa shape index (κ2) is 9.08. The number of ether oxygens (including phenoxy) is 2. The predicted molar refractivity (Wildman–Crippen MR) is 105 cm³/mol. The molecule has 7 nitrogen and oxygen atoms in total. The fraction of sp³-hybridized carbons (Fsp3) is 0.571. The van der Waals surface area contributed by atoms with E-state index in [-0.39, 0.29) is 18.1 Å². The number of likely N-dealkylation sites (tertiary alicyclic amines) is 1. The zero-order valence-electron chi connectivity index (χ0n) is 17.2. The van der Waals surface area contributed by atoms with Crippen LogP contribution >= 0.6 is 0 Å². The van der Waals surface area contributed by atoms with Gasteiger partial charge < -0.3 is 19.7 Å². The van der Waals surface area contributed by atoms with E-state index >= 15 is 0 Å². The summed E-state index contributed by atoms with van der Waals surface area (Å²) in [5.41, 5.74) is -0.153. The van der Waals surface area contributed by atoms with Crippen molar-refractivity contribution in [1.29, 1.82) is 0 Å². The van der Waals surface area contributed by atoms with Gasteiger partial charge in [0.05, 0.1) is 18.2 Å². The molecule has 1 heterocycles. The van der Waals surface area contributed by atoms with Crippen molar-refractivity contribution in [1.82, 2.24) is 10.2 Å². The van der Waals surface area contributed by atoms with Gasteiger partial charge in [0.15, 0.2) is 0 Å². The summed E-state index contributed by atoms with van der Waals surface area (Å²) in [7, 11) is 0. The lowest BCUT2D eigenvalue weighted by atomic mass is 9.98. The first-order chi connectivity index (χ1) is 13.1. The Hall–Kier alpha value is -2.57. The van der Waals surface area contributed by atoms with Gasteiger partial charge in [0.25, 0.3) is 0 Å². The van der Waals surface area contributed by atoms with Gasteiger partial charge in [-0.25, -0.2) is 9.59 Å². The Morgan fingerprint density at radius 1 is 1.21 bits per heavy atom. The molecule has 28 heavy (non-hydrogen) atoms. The molecule has 154 valence electrons. The molecule has 1 aromatic carbocycles. The monoisotopic (exact) mass is 390 g/mol. The minimum absolute atomic E-state index is 0.188. The van der Waals surface area contributed by atoms with E-state index < -0.39 is 23.7 Å². The molecule has 1 aliphatic heterocycles. The molecule has 2 rings (SSSR count). The van der Waals surface area contributed by atoms with Crippen molar-refractivity contribution >= 4 is 18.0 Å². The number of carbonyl (C=O) groups is 3. The average Bonchev–Trinajstić information content (AvgIpc) is 2.62. The number of amides is 2. The highest BCUT2D eigenvalue weighted by molar-refractivity contribution is 5.90. The fourth-order valence-corrected chi connectivity index (χ4v) is 2.98. The molecule has 3 atom stereocenters. The van der Waals surface area contributed by atoms with Crippen molar-refractivity contribution in [2.45, 2.75) is 71.2 Å². The van der Waals surface area contributed by atoms with E-state index in [1.807, 2.05) is 19.9 Å². The Morgan fingerprint density at radius 2 is 1.86 bits per heavy atom. The molecule has 1 fully saturated rings. The summed E-state index contributed by atoms with van der Waals surface area (Å²) in [5, 5.41) is 2.67. The Morgan fingerprint density at radius 3 is 2.39 bits per heavy atom. The Labute approximate surface area is 166 Å². The molecule has 0 aliphatic carbocycles. The quantitative estimate of drug-likeness (QED) is 0.755. The van der Waals surface area contributed by atoms with Crippen molar-refractivity contribution in [2.24, 2.45) is 0 Å². The number of nitrogens with zero attached hydrogens (tertiary/aromatic N) is 1. The Balaban J connectivity index is 1.92. The molecule has 0 bridgehead atoms. The first kappa shape index (κ1) is 21.7. The molecule has 0 spiro atoms. The summed E-state index contributed by atoms with van der Waals surface area (Å²) in [4.78, 5) is 38.7. The van der Waals surface area contributed by atoms with E-state index in [1.165, 1.54) is 0 Å². The van der Waals surface area contributed by atoms with Crippen LogP contribution in [0.25, 0.3) is 0 Å². The molecule has 1 aliphatic rings. The average molecular weight is 390 g/mol. The lowest BCUT2D eigenvalue weighted by molar-refractivity contribution is -0.152. The summed E-state index contributed by atoms with van der Waals surface area (Å²) < 4.78 is 10.8. The minimum atomic E-state index is -0.659. The number of hydrogen-bond acceptors (Lipinski definition) is 5. The van der Waals surface area contributed by atoms with Crippen LogP contribution < -0.4 is 5.32 Å². The van der Waals surface area contributed by atoms with Crippen LogP contribution in [0.3, 0.4) is 0 Å². The number of rotatable bonds is 6. The van der Waals surface area contributed by atoms with E-state index in [2.05, 4.69) is 5.32 Å². The van der Waals surface area contributed by atoms with Gasteiger partial charge in [-0.3, -0.25) is 4.79 Å². The number of esters is 1. The molecular weight excluding hydrogens is 360 g/mol. The molecule has 1 saturated heterocycles. The van der Waals surface area contributed by atoms with Gasteiger partial charge in [-0.2, -0.15) is 0 Å². The molecule has 0 unspecified atom stereocenters. The SMILES string of the molecule is CCC[C@H](NC(=O)OC(C)(C)C)C(=O)N1C[C@@H](OC(=O)c2ccccc2)[C@@H]1C. The minimum Gasteiger partial charge on any atom is -0.455 e. The summed E-state index contributed by atoms with van der Waals surface area (Å²) in [5.74, 6) is -0.589. The van der Waals surface area contributed by atoms with Gasteiger partial charge in [0, 0.05) is 0 Å². The van der Waals surface area contributed by atoms with Gasteiger partial charge >= 0.3 is 12.1 Å². The van der Waals surface area contributed by atoms with E-state index in [0.717, 1.165) is 6.42 Å². The van der Waals surface area contributed by atoms with Crippen LogP contribution in [0.1, 0.15) is 57.8 Å². The zero-order chi connectivity index (χ0) is 20.9. The maximum atomic E-state index is 12.8. The summed E-state index contributed by atoms with van der Waals surface area (Å²) in [6.07, 6.45) is 0.274. The van der Waals surface area contributed by atoms with Gasteiger partial charge in [-0.05, 0) is 46.2 Å². The summed E-state index contributed by atoms with van der Waals surface area (Å²) >= 11 is 0. The third-order valence-corrected chi connectivity index (χ3v) is 4.52. The highest BCUT2D eigenvalue weighted by atomic mass is 16.6. The van der Waals surface area contributed by atoms with Crippen LogP contribution in [0, 0.1) is 0 Å². The number of carbonyl (C=O) groups excluding carboxylic acids is 3. The van der Waals surface area contributed by atoms with Crippen molar-refractivity contribution in [2.75, 3.05) is 6.54 Å². The normalized spacial score (nSPS) is 20.0. The van der Waals surface area contributed by atoms with Gasteiger partial charge in [-0.1, -0.05) is 31.5 Å². The first-order valence-corrected chi connectivity index (χ1v) is 9.68. The van der Waals surface area contributed by atoms with Crippen LogP contribution in [0.4, 0.5) is 4.79 Å². The van der Waals surface area contributed by atoms with E-state index in [4.69, 9.17) is 9.47 Å². The van der Waals surface area contributed by atoms with Crippen LogP contribution in [0.15, 0.2) is 30.3 Å². The topological polar surface area (TPSA) is 84.9 Å². The number of alkyl carbamates (subject to hydrolysis) is 1. The van der Waals surface area contributed by atoms with Crippen molar-refractivity contribution < 1.29 is 23.9 Å². The van der Waals surface area contributed by atoms with E-state index in [0.29, 0.717) is 18.5 Å². The molecule has 7 heteroatoms. The standard InChI is InChI=1S/C21H30N2O5/c1-6-10-16(22-20(26)28-21(3,4)5)18(24)23-13-17(14(23)2)27-19(25)15-11-8-7-9-12-15/h7-9,11-12,14,16-17H,6,10,13H2,1-5H3,(H,22,26)/t14-,16-,17+/m0/s1. The van der Waals surface area contributed by atoms with E-state index in [9.17, 15) is 14.4 Å². The molecule has 0 saturated carbocycles. The number of nitrogens with one attached hydrogen (secondary N) is 1. The molecule has 0 aromatic heterocycles. The smallest absolute Gasteiger partial charge is 0.408 e. The largest absolute Gasteiger partial charge is 0.455 e. The predicted octanol–water partition coefficient (Wildman–Crippen LogP) is 3.14. The van der Waals surface area contributed by atoms with Crippen LogP contribution in [0.5, 0.6) is 0 Å². The maximum Gasteiger partial charge on any atom is 0.408 e. The zero-order valence-corrected chi connectivity index (χ0v) is 17.2. The lowest BCUT2D eigenvalue weighted by Gasteiger charge is -2.46. The summed E-state index contributed by atoms with van der Waals surface area (Å²) in [6.45, 7) is 9.40. The van der Waals surface area contributed by atoms with Crippen molar-refractivity contribution in [3.63, 3.8) is 0 Å². The second-order valence-corrected chi connectivity index (χ2v) is 8.03. The third kappa shape index (κ3) is 5.71. The number of benzene rings is 1. The molecular formula is C21H30N2O5. The van der Waals surface area contributed by atoms with Gasteiger partial charge in [-0.15, -0.1) is 0 Å². The maximum absolute atomic E-state index is 12.8. The Kier molecular flexibility index (Phi) is 7.05. The van der Waals surface area contributed by atoms with Crippen molar-refractivity contribution in [3.8, 4) is 0 Å². The Bertz CT molecular complexity index is 698. The summed E-state index contributed by atoms with van der Waals surface area (Å²) in [6, 6.07) is 7.85. The second-order valence-electron chi connectivity index (χ2n) is 8.03. The number of hydrogen-bond donors (Lipinski definition) is 1. The highest BCUT2D eigenvalue weighted by Gasteiger charge is 2.43. The lowest BCUT2D eigenvalue weighted by Crippen LogP contribution is -2.65.